The van der Waals surface area contributed by atoms with Gasteiger partial charge in [-0.15, -0.1) is 69.1 Å². The Hall–Kier alpha value is -2.94. The van der Waals surface area contributed by atoms with Crippen LogP contribution in [-0.4, -0.2) is 9.52 Å². The molecule has 0 aromatic heterocycles. The summed E-state index contributed by atoms with van der Waals surface area (Å²) in [5.74, 6) is 0. The molecule has 0 nitrogen and oxygen atoms in total. The van der Waals surface area contributed by atoms with Crippen LogP contribution in [0.4, 0.5) is 5.25 Å². The van der Waals surface area contributed by atoms with E-state index in [0.29, 0.717) is 0 Å². The second-order valence-corrected chi connectivity index (χ2v) is 10.3. The van der Waals surface area contributed by atoms with Crippen molar-refractivity contribution in [2.24, 2.45) is 0 Å². The summed E-state index contributed by atoms with van der Waals surface area (Å²) in [4.78, 5) is 0. The van der Waals surface area contributed by atoms with Crippen LogP contribution in [0.3, 0.4) is 0 Å². The summed E-state index contributed by atoms with van der Waals surface area (Å²) in [6, 6.07) is 43.1. The Bertz CT molecular complexity index is 1400. The molecule has 0 fully saturated rings. The predicted octanol–water partition coefficient (Wildman–Crippen LogP) is 10.7. The van der Waals surface area contributed by atoms with Gasteiger partial charge in [-0.05, 0) is 11.1 Å². The number of benzene rings is 4. The van der Waals surface area contributed by atoms with Crippen LogP contribution in [0.5, 0.6) is 0 Å². The summed E-state index contributed by atoms with van der Waals surface area (Å²) in [5, 5.41) is 5.37. The minimum atomic E-state index is -2.77. The van der Waals surface area contributed by atoms with Crippen molar-refractivity contribution in [2.75, 3.05) is 0 Å². The summed E-state index contributed by atoms with van der Waals surface area (Å²) in [7, 11) is 1.08. The van der Waals surface area contributed by atoms with Crippen molar-refractivity contribution in [2.45, 2.75) is 26.9 Å². The molecule has 6 aromatic carbocycles. The third kappa shape index (κ3) is 8.03. The summed E-state index contributed by atoms with van der Waals surface area (Å²) in [6.07, 6.45) is 0. The Balaban J connectivity index is 0.000000175. The van der Waals surface area contributed by atoms with Gasteiger partial charge < -0.3 is 0 Å². The molecule has 0 aliphatic heterocycles. The average molecular weight is 598 g/mol. The van der Waals surface area contributed by atoms with E-state index in [1.54, 1.807) is 0 Å². The number of halogens is 2. The van der Waals surface area contributed by atoms with Gasteiger partial charge in [0.15, 0.2) is 0 Å². The molecule has 0 spiro atoms. The first-order valence-electron chi connectivity index (χ1n) is 12.5. The van der Waals surface area contributed by atoms with Crippen LogP contribution in [-0.2, 0) is 24.5 Å². The summed E-state index contributed by atoms with van der Waals surface area (Å²) in [6.45, 7) is 8.60. The van der Waals surface area contributed by atoms with Gasteiger partial charge in [-0.2, -0.15) is 12.1 Å². The molecule has 0 saturated heterocycles. The SMILES string of the molecule is C[Si]C.Cc1cc2c(-c3ccccc3)cccc2[cH-]1.Cc1cc2c(-c3ccccc3)cccc2[cH-]1.[F][Zr+2][F]. The van der Waals surface area contributed by atoms with Crippen LogP contribution >= 0.6 is 0 Å². The van der Waals surface area contributed by atoms with Gasteiger partial charge in [0.1, 0.15) is 0 Å². The second-order valence-electron chi connectivity index (χ2n) is 8.99. The maximum atomic E-state index is 9.80. The van der Waals surface area contributed by atoms with Crippen LogP contribution in [0.15, 0.2) is 121 Å². The Kier molecular flexibility index (Phi) is 12.1. The number of rotatable bonds is 2. The fraction of sp³-hybridized carbons (Fsp3) is 0.118. The number of fused-ring (bicyclic) bond motifs is 2. The molecule has 0 atom stereocenters. The molecule has 0 unspecified atom stereocenters. The van der Waals surface area contributed by atoms with Gasteiger partial charge in [0, 0.05) is 9.52 Å². The maximum absolute atomic E-state index is 9.80. The number of aryl methyl sites for hydroxylation is 2. The normalized spacial score (nSPS) is 9.84. The van der Waals surface area contributed by atoms with Gasteiger partial charge in [0.05, 0.1) is 0 Å². The van der Waals surface area contributed by atoms with Gasteiger partial charge in [-0.1, -0.05) is 111 Å². The predicted molar refractivity (Wildman–Crippen MR) is 159 cm³/mol. The van der Waals surface area contributed by atoms with E-state index in [0.717, 1.165) is 9.52 Å². The van der Waals surface area contributed by atoms with Crippen LogP contribution in [0, 0.1) is 13.8 Å². The van der Waals surface area contributed by atoms with Gasteiger partial charge >= 0.3 is 29.7 Å². The van der Waals surface area contributed by atoms with Crippen molar-refractivity contribution in [1.82, 2.24) is 0 Å². The Morgan fingerprint density at radius 1 is 0.553 bits per heavy atom. The summed E-state index contributed by atoms with van der Waals surface area (Å²) in [5.41, 5.74) is 7.89. The van der Waals surface area contributed by atoms with Crippen molar-refractivity contribution in [3.05, 3.63) is 132 Å². The molecule has 0 bridgehead atoms. The van der Waals surface area contributed by atoms with E-state index in [4.69, 9.17) is 0 Å². The first-order chi connectivity index (χ1) is 18.5. The molecule has 0 aliphatic rings. The Morgan fingerprint density at radius 3 is 1.24 bits per heavy atom. The van der Waals surface area contributed by atoms with Crippen molar-refractivity contribution >= 4 is 31.1 Å². The standard InChI is InChI=1S/2C16H13.C2H6Si.2FH.Zr/c2*1-12-10-14-8-5-9-15(16(14)11-12)13-6-3-2-4-7-13;1-3-2;;;/h2*2-11H,1H3;1-2H3;2*1H;/q2*-1;;;;+4/p-2. The van der Waals surface area contributed by atoms with E-state index in [2.05, 4.69) is 148 Å². The molecule has 0 aliphatic carbocycles. The summed E-state index contributed by atoms with van der Waals surface area (Å²) < 4.78 is 19.6. The first kappa shape index (κ1) is 29.6. The van der Waals surface area contributed by atoms with Crippen LogP contribution in [0.25, 0.3) is 43.8 Å². The fourth-order valence-electron chi connectivity index (χ4n) is 4.51. The third-order valence-corrected chi connectivity index (χ3v) is 5.96. The molecule has 0 heterocycles. The Morgan fingerprint density at radius 2 is 0.895 bits per heavy atom. The Labute approximate surface area is 241 Å². The van der Waals surface area contributed by atoms with Crippen molar-refractivity contribution < 1.29 is 29.7 Å². The van der Waals surface area contributed by atoms with E-state index in [1.807, 2.05) is 0 Å². The van der Waals surface area contributed by atoms with Crippen LogP contribution < -0.4 is 0 Å². The molecule has 6 rings (SSSR count). The molecule has 4 heteroatoms. The number of hydrogen-bond acceptors (Lipinski definition) is 0. The second kappa shape index (κ2) is 15.5. The monoisotopic (exact) mass is 596 g/mol. The molecule has 38 heavy (non-hydrogen) atoms. The van der Waals surface area contributed by atoms with E-state index >= 15 is 0 Å². The van der Waals surface area contributed by atoms with Crippen molar-refractivity contribution in [3.63, 3.8) is 0 Å². The molecule has 0 N–H and O–H groups in total. The molecule has 6 aromatic rings. The molecule has 0 amide bonds. The van der Waals surface area contributed by atoms with Gasteiger partial charge in [-0.3, -0.25) is 0 Å². The average Bonchev–Trinajstić information content (AvgIpc) is 3.51. The molecular weight excluding hydrogens is 566 g/mol. The third-order valence-electron chi connectivity index (χ3n) is 5.96. The van der Waals surface area contributed by atoms with Gasteiger partial charge in [0.2, 0.25) is 0 Å². The van der Waals surface area contributed by atoms with E-state index in [9.17, 15) is 5.25 Å². The van der Waals surface area contributed by atoms with Gasteiger partial charge in [-0.25, -0.2) is 0 Å². The zero-order valence-electron chi connectivity index (χ0n) is 22.3. The molecule has 190 valence electrons. The quantitative estimate of drug-likeness (QED) is 0.138. The topological polar surface area (TPSA) is 0 Å². The van der Waals surface area contributed by atoms with E-state index < -0.39 is 24.5 Å². The van der Waals surface area contributed by atoms with Crippen LogP contribution in [0.1, 0.15) is 11.1 Å². The van der Waals surface area contributed by atoms with Gasteiger partial charge in [0.25, 0.3) is 0 Å². The minimum absolute atomic E-state index is 1.08. The van der Waals surface area contributed by atoms with E-state index in [1.165, 1.54) is 54.9 Å². The zero-order valence-corrected chi connectivity index (χ0v) is 25.8. The molecular formula is C34H32F2SiZr. The molecule has 2 radical (unpaired) electrons. The first-order valence-corrected chi connectivity index (χ1v) is 16.4. The van der Waals surface area contributed by atoms with Crippen molar-refractivity contribution in [3.8, 4) is 22.3 Å². The van der Waals surface area contributed by atoms with Crippen LogP contribution in [0.2, 0.25) is 13.1 Å². The summed E-state index contributed by atoms with van der Waals surface area (Å²) >= 11 is -2.77. The fourth-order valence-corrected chi connectivity index (χ4v) is 4.51. The van der Waals surface area contributed by atoms with E-state index in [-0.39, 0.29) is 0 Å². The molecule has 0 saturated carbocycles. The zero-order chi connectivity index (χ0) is 27.3. The number of hydrogen-bond donors (Lipinski definition) is 0. The van der Waals surface area contributed by atoms with Crippen molar-refractivity contribution in [1.29, 1.82) is 0 Å².